The summed E-state index contributed by atoms with van der Waals surface area (Å²) in [5.74, 6) is -3.82. The lowest BCUT2D eigenvalue weighted by atomic mass is 9.78. The van der Waals surface area contributed by atoms with Crippen LogP contribution in [-0.4, -0.2) is 66.9 Å². The van der Waals surface area contributed by atoms with Crippen molar-refractivity contribution >= 4 is 35.5 Å². The number of Topliss-reactive ketones (excluding diaryl/α,β-unsaturated/α-hetero) is 1. The molecule has 2 spiro atoms. The highest BCUT2D eigenvalue weighted by molar-refractivity contribution is 6.21. The van der Waals surface area contributed by atoms with Gasteiger partial charge in [-0.2, -0.15) is 0 Å². The number of carbonyl (C=O) groups excluding carboxylic acids is 6. The Labute approximate surface area is 209 Å². The third-order valence-corrected chi connectivity index (χ3v) is 8.28. The van der Waals surface area contributed by atoms with E-state index in [2.05, 4.69) is 15.4 Å². The molecule has 0 aromatic rings. The minimum Gasteiger partial charge on any atom is -0.468 e. The molecule has 2 N–H and O–H groups in total. The summed E-state index contributed by atoms with van der Waals surface area (Å²) in [6.07, 6.45) is 6.02. The van der Waals surface area contributed by atoms with E-state index in [1.165, 1.54) is 7.11 Å². The van der Waals surface area contributed by atoms with Crippen molar-refractivity contribution < 1.29 is 43.0 Å². The summed E-state index contributed by atoms with van der Waals surface area (Å²) < 4.78 is 14.4. The molecular formula is C25H34N2O9. The van der Waals surface area contributed by atoms with Crippen LogP contribution in [0.4, 0.5) is 0 Å². The molecule has 0 aromatic heterocycles. The molecule has 2 amide bonds. The summed E-state index contributed by atoms with van der Waals surface area (Å²) >= 11 is 0. The van der Waals surface area contributed by atoms with Crippen LogP contribution in [0.15, 0.2) is 0 Å². The van der Waals surface area contributed by atoms with Crippen molar-refractivity contribution in [3.63, 3.8) is 0 Å². The molecule has 1 aliphatic heterocycles. The first-order valence-electron chi connectivity index (χ1n) is 12.6. The van der Waals surface area contributed by atoms with Crippen LogP contribution in [0.1, 0.15) is 71.6 Å². The zero-order valence-corrected chi connectivity index (χ0v) is 21.0. The van der Waals surface area contributed by atoms with Gasteiger partial charge in [0, 0.05) is 0 Å². The Morgan fingerprint density at radius 3 is 1.97 bits per heavy atom. The lowest BCUT2D eigenvalue weighted by Gasteiger charge is -2.34. The van der Waals surface area contributed by atoms with Gasteiger partial charge in [0.25, 0.3) is 0 Å². The number of piperidine rings is 1. The van der Waals surface area contributed by atoms with Crippen LogP contribution in [0.2, 0.25) is 0 Å². The SMILES string of the molecule is CCOC(=O)CC(=O)NC1(C2(C(=O)OCC)CC2)CC1.COC(=O)C1C(=O)NC2(CC2)C2(CC2)C1=O. The Morgan fingerprint density at radius 2 is 1.53 bits per heavy atom. The van der Waals surface area contributed by atoms with Crippen molar-refractivity contribution in [3.05, 3.63) is 0 Å². The van der Waals surface area contributed by atoms with E-state index in [0.29, 0.717) is 6.61 Å². The average molecular weight is 507 g/mol. The summed E-state index contributed by atoms with van der Waals surface area (Å²) in [4.78, 5) is 70.6. The van der Waals surface area contributed by atoms with E-state index in [9.17, 15) is 28.8 Å². The molecule has 5 rings (SSSR count). The first-order chi connectivity index (χ1) is 17.1. The molecule has 0 radical (unpaired) electrons. The van der Waals surface area contributed by atoms with Gasteiger partial charge in [0.2, 0.25) is 11.8 Å². The number of hydrogen-bond donors (Lipinski definition) is 2. The lowest BCUT2D eigenvalue weighted by Crippen LogP contribution is -2.60. The minimum atomic E-state index is -1.24. The first-order valence-corrected chi connectivity index (χ1v) is 12.6. The Bertz CT molecular complexity index is 987. The predicted molar refractivity (Wildman–Crippen MR) is 122 cm³/mol. The van der Waals surface area contributed by atoms with Crippen LogP contribution in [0.3, 0.4) is 0 Å². The fourth-order valence-electron chi connectivity index (χ4n) is 5.74. The van der Waals surface area contributed by atoms with Crippen LogP contribution in [0, 0.1) is 16.7 Å². The molecule has 4 saturated carbocycles. The van der Waals surface area contributed by atoms with Crippen molar-refractivity contribution in [1.29, 1.82) is 0 Å². The Hall–Kier alpha value is -2.98. The fourth-order valence-corrected chi connectivity index (χ4v) is 5.74. The number of esters is 3. The van der Waals surface area contributed by atoms with E-state index in [1.807, 2.05) is 0 Å². The summed E-state index contributed by atoms with van der Waals surface area (Å²) in [6, 6.07) is 0. The predicted octanol–water partition coefficient (Wildman–Crippen LogP) is 0.719. The molecule has 1 atom stereocenters. The second-order valence-corrected chi connectivity index (χ2v) is 10.4. The third-order valence-electron chi connectivity index (χ3n) is 8.28. The Balaban J connectivity index is 0.000000173. The molecule has 1 heterocycles. The van der Waals surface area contributed by atoms with Crippen LogP contribution < -0.4 is 10.6 Å². The molecule has 1 unspecified atom stereocenters. The van der Waals surface area contributed by atoms with Crippen molar-refractivity contribution in [1.82, 2.24) is 10.6 Å². The van der Waals surface area contributed by atoms with Crippen LogP contribution >= 0.6 is 0 Å². The van der Waals surface area contributed by atoms with Crippen molar-refractivity contribution in [2.45, 2.75) is 82.7 Å². The molecule has 4 aliphatic carbocycles. The molecule has 198 valence electrons. The van der Waals surface area contributed by atoms with E-state index in [0.717, 1.165) is 51.4 Å². The zero-order chi connectivity index (χ0) is 26.4. The summed E-state index contributed by atoms with van der Waals surface area (Å²) in [5, 5.41) is 5.71. The van der Waals surface area contributed by atoms with Gasteiger partial charge in [0.15, 0.2) is 11.7 Å². The van der Waals surface area contributed by atoms with Gasteiger partial charge >= 0.3 is 17.9 Å². The van der Waals surface area contributed by atoms with E-state index < -0.39 is 40.1 Å². The number of hydrogen-bond acceptors (Lipinski definition) is 9. The van der Waals surface area contributed by atoms with Gasteiger partial charge in [-0.1, -0.05) is 0 Å². The normalized spacial score (nSPS) is 25.9. The molecule has 11 nitrogen and oxygen atoms in total. The molecule has 0 bridgehead atoms. The second-order valence-electron chi connectivity index (χ2n) is 10.4. The maximum atomic E-state index is 12.2. The molecule has 36 heavy (non-hydrogen) atoms. The van der Waals surface area contributed by atoms with Gasteiger partial charge in [-0.15, -0.1) is 0 Å². The number of rotatable bonds is 8. The maximum Gasteiger partial charge on any atom is 0.325 e. The topological polar surface area (TPSA) is 154 Å². The largest absolute Gasteiger partial charge is 0.468 e. The van der Waals surface area contributed by atoms with Gasteiger partial charge in [-0.3, -0.25) is 28.8 Å². The molecule has 11 heteroatoms. The van der Waals surface area contributed by atoms with Gasteiger partial charge in [-0.25, -0.2) is 0 Å². The van der Waals surface area contributed by atoms with Crippen LogP contribution in [0.5, 0.6) is 0 Å². The van der Waals surface area contributed by atoms with Crippen molar-refractivity contribution in [2.75, 3.05) is 20.3 Å². The molecule has 5 aliphatic rings. The van der Waals surface area contributed by atoms with Crippen molar-refractivity contribution in [2.24, 2.45) is 16.7 Å². The molecular weight excluding hydrogens is 472 g/mol. The highest BCUT2D eigenvalue weighted by Gasteiger charge is 2.75. The third kappa shape index (κ3) is 4.26. The fraction of sp³-hybridized carbons (Fsp3) is 0.760. The smallest absolute Gasteiger partial charge is 0.325 e. The molecule has 0 aromatic carbocycles. The Kier molecular flexibility index (Phi) is 6.63. The number of nitrogens with one attached hydrogen (secondary N) is 2. The second kappa shape index (κ2) is 9.15. The highest BCUT2D eigenvalue weighted by atomic mass is 16.5. The van der Waals surface area contributed by atoms with Crippen LogP contribution in [0.25, 0.3) is 0 Å². The van der Waals surface area contributed by atoms with E-state index >= 15 is 0 Å². The van der Waals surface area contributed by atoms with E-state index in [4.69, 9.17) is 9.47 Å². The van der Waals surface area contributed by atoms with Crippen molar-refractivity contribution in [3.8, 4) is 0 Å². The van der Waals surface area contributed by atoms with E-state index in [-0.39, 0.29) is 36.2 Å². The zero-order valence-electron chi connectivity index (χ0n) is 21.0. The Morgan fingerprint density at radius 1 is 0.917 bits per heavy atom. The number of carbonyl (C=O) groups is 6. The summed E-state index contributed by atoms with van der Waals surface area (Å²) in [5.41, 5.74) is -1.82. The molecule has 1 saturated heterocycles. The number of ketones is 1. The number of methoxy groups -OCH3 is 1. The van der Waals surface area contributed by atoms with Gasteiger partial charge < -0.3 is 24.8 Å². The van der Waals surface area contributed by atoms with Gasteiger partial charge in [-0.05, 0) is 65.2 Å². The summed E-state index contributed by atoms with van der Waals surface area (Å²) in [7, 11) is 1.20. The minimum absolute atomic E-state index is 0.222. The average Bonchev–Trinajstić information content (AvgIpc) is 3.66. The standard InChI is InChI=1S/C14H21NO5.C11H13NO4/c1-3-19-11(17)9-10(16)15-14(7-8-14)13(5-6-13)12(18)20-4-2;1-16-9(15)6-7(13)10(2-3-10)11(4-5-11)12-8(6)14/h3-9H2,1-2H3,(H,15,16);6H,2-5H2,1H3,(H,12,14). The van der Waals surface area contributed by atoms with E-state index in [1.54, 1.807) is 13.8 Å². The number of ether oxygens (including phenoxy) is 3. The first kappa shape index (κ1) is 26.1. The quantitative estimate of drug-likeness (QED) is 0.275. The number of amides is 2. The molecule has 5 fully saturated rings. The summed E-state index contributed by atoms with van der Waals surface area (Å²) in [6.45, 7) is 4.06. The van der Waals surface area contributed by atoms with Gasteiger partial charge in [0.05, 0.1) is 42.2 Å². The van der Waals surface area contributed by atoms with Crippen LogP contribution in [-0.2, 0) is 43.0 Å². The monoisotopic (exact) mass is 506 g/mol. The maximum absolute atomic E-state index is 12.2. The number of fused-ring (bicyclic) bond motifs is 1. The van der Waals surface area contributed by atoms with Gasteiger partial charge in [0.1, 0.15) is 6.42 Å². The highest BCUT2D eigenvalue weighted by Crippen LogP contribution is 2.67. The lowest BCUT2D eigenvalue weighted by molar-refractivity contribution is -0.159.